The second kappa shape index (κ2) is 17.1. The third-order valence-electron chi connectivity index (χ3n) is 7.51. The van der Waals surface area contributed by atoms with Gasteiger partial charge >= 0.3 is 0 Å². The largest absolute Gasteiger partial charge is 0.354 e. The van der Waals surface area contributed by atoms with E-state index in [-0.39, 0.29) is 47.3 Å². The van der Waals surface area contributed by atoms with Gasteiger partial charge in [0.05, 0.1) is 6.04 Å². The van der Waals surface area contributed by atoms with Crippen molar-refractivity contribution < 1.29 is 19.2 Å². The van der Waals surface area contributed by atoms with Crippen molar-refractivity contribution in [3.8, 4) is 0 Å². The van der Waals surface area contributed by atoms with E-state index in [2.05, 4.69) is 16.0 Å². The van der Waals surface area contributed by atoms with E-state index in [1.807, 2.05) is 85.7 Å². The van der Waals surface area contributed by atoms with Gasteiger partial charge in [-0.3, -0.25) is 19.2 Å². The molecule has 0 aliphatic heterocycles. The summed E-state index contributed by atoms with van der Waals surface area (Å²) >= 11 is 0. The lowest BCUT2D eigenvalue weighted by molar-refractivity contribution is -0.146. The lowest BCUT2D eigenvalue weighted by Gasteiger charge is -2.36. The Hall–Kier alpha value is -2.94. The fraction of sp³-hybridized carbons (Fsp3) is 0.688. The zero-order chi connectivity index (χ0) is 31.4. The summed E-state index contributed by atoms with van der Waals surface area (Å²) in [6, 6.07) is 7.18. The van der Waals surface area contributed by atoms with E-state index in [9.17, 15) is 19.2 Å². The predicted molar refractivity (Wildman–Crippen MR) is 165 cm³/mol. The minimum atomic E-state index is -0.853. The van der Waals surface area contributed by atoms with Crippen molar-refractivity contribution in [3.63, 3.8) is 0 Å². The van der Waals surface area contributed by atoms with Gasteiger partial charge in [-0.2, -0.15) is 0 Å². The lowest BCUT2D eigenvalue weighted by atomic mass is 9.96. The molecular weight excluding hydrogens is 518 g/mol. The SMILES string of the molecule is CN[C@@H](C(=O)N(C)[C@H](CC(C)C)C(=O)N[C@@H](C(=O)N(C)[C@@H](C(=O)NCCc1ccccc1)C(C)C)C(C)C)C(C)C. The quantitative estimate of drug-likeness (QED) is 0.282. The minimum absolute atomic E-state index is 0.0446. The number of benzene rings is 1. The van der Waals surface area contributed by atoms with Crippen LogP contribution in [-0.2, 0) is 25.6 Å². The standard InChI is InChI=1S/C32H55N5O4/c1-20(2)19-25(36(10)31(40)26(33-9)21(3)4)29(38)35-27(22(5)6)32(41)37(11)28(23(7)8)30(39)34-18-17-24-15-13-12-14-16-24/h12-16,20-23,25-28,33H,17-19H2,1-11H3,(H,34,39)(H,35,38)/t25-,26-,27-,28-/m1/s1. The van der Waals surface area contributed by atoms with Crippen LogP contribution < -0.4 is 16.0 Å². The van der Waals surface area contributed by atoms with Gasteiger partial charge in [-0.25, -0.2) is 0 Å². The molecule has 4 atom stereocenters. The van der Waals surface area contributed by atoms with Crippen molar-refractivity contribution in [1.29, 1.82) is 0 Å². The first-order valence-electron chi connectivity index (χ1n) is 15.0. The van der Waals surface area contributed by atoms with E-state index in [1.54, 1.807) is 21.1 Å². The molecule has 0 saturated carbocycles. The Morgan fingerprint density at radius 1 is 0.732 bits per heavy atom. The van der Waals surface area contributed by atoms with E-state index in [4.69, 9.17) is 0 Å². The summed E-state index contributed by atoms with van der Waals surface area (Å²) in [6.07, 6.45) is 1.14. The topological polar surface area (TPSA) is 111 Å². The Labute approximate surface area is 248 Å². The lowest BCUT2D eigenvalue weighted by Crippen LogP contribution is -2.60. The van der Waals surface area contributed by atoms with Gasteiger partial charge in [0.1, 0.15) is 18.1 Å². The molecule has 3 N–H and O–H groups in total. The van der Waals surface area contributed by atoms with Crippen LogP contribution in [0, 0.1) is 23.7 Å². The van der Waals surface area contributed by atoms with Gasteiger partial charge in [0.2, 0.25) is 23.6 Å². The maximum atomic E-state index is 13.8. The van der Waals surface area contributed by atoms with Crippen LogP contribution >= 0.6 is 0 Å². The van der Waals surface area contributed by atoms with Gasteiger partial charge < -0.3 is 25.8 Å². The molecule has 0 aromatic heterocycles. The maximum absolute atomic E-state index is 13.8. The number of hydrogen-bond donors (Lipinski definition) is 3. The summed E-state index contributed by atoms with van der Waals surface area (Å²) in [5.74, 6) is -1.28. The normalized spacial score (nSPS) is 14.5. The minimum Gasteiger partial charge on any atom is -0.354 e. The van der Waals surface area contributed by atoms with Crippen molar-refractivity contribution >= 4 is 23.6 Å². The van der Waals surface area contributed by atoms with Crippen LogP contribution in [0.15, 0.2) is 30.3 Å². The highest BCUT2D eigenvalue weighted by atomic mass is 16.2. The number of nitrogens with zero attached hydrogens (tertiary/aromatic N) is 2. The number of carbonyl (C=O) groups excluding carboxylic acids is 4. The van der Waals surface area contributed by atoms with Crippen LogP contribution in [0.3, 0.4) is 0 Å². The number of likely N-dealkylation sites (N-methyl/N-ethyl adjacent to an activating group) is 3. The molecule has 1 aromatic rings. The van der Waals surface area contributed by atoms with Crippen molar-refractivity contribution in [2.45, 2.75) is 92.4 Å². The Balaban J connectivity index is 3.10. The maximum Gasteiger partial charge on any atom is 0.245 e. The third-order valence-corrected chi connectivity index (χ3v) is 7.51. The van der Waals surface area contributed by atoms with E-state index < -0.39 is 24.2 Å². The molecule has 0 heterocycles. The molecule has 0 aliphatic carbocycles. The second-order valence-electron chi connectivity index (χ2n) is 12.5. The van der Waals surface area contributed by atoms with Crippen molar-refractivity contribution in [3.05, 3.63) is 35.9 Å². The van der Waals surface area contributed by atoms with E-state index in [0.717, 1.165) is 5.56 Å². The molecule has 0 bridgehead atoms. The molecule has 4 amide bonds. The van der Waals surface area contributed by atoms with E-state index in [1.165, 1.54) is 9.80 Å². The number of carbonyl (C=O) groups is 4. The van der Waals surface area contributed by atoms with Crippen molar-refractivity contribution in [1.82, 2.24) is 25.8 Å². The van der Waals surface area contributed by atoms with Crippen LogP contribution in [0.2, 0.25) is 0 Å². The number of rotatable bonds is 16. The third kappa shape index (κ3) is 10.8. The van der Waals surface area contributed by atoms with Gasteiger partial charge in [0, 0.05) is 20.6 Å². The van der Waals surface area contributed by atoms with Gasteiger partial charge in [0.25, 0.3) is 0 Å². The zero-order valence-corrected chi connectivity index (χ0v) is 27.2. The van der Waals surface area contributed by atoms with Gasteiger partial charge in [-0.15, -0.1) is 0 Å². The number of amides is 4. The number of hydrogen-bond acceptors (Lipinski definition) is 5. The predicted octanol–water partition coefficient (Wildman–Crippen LogP) is 3.09. The molecule has 0 spiro atoms. The van der Waals surface area contributed by atoms with Crippen LogP contribution in [0.4, 0.5) is 0 Å². The van der Waals surface area contributed by atoms with Crippen LogP contribution in [0.1, 0.15) is 67.4 Å². The van der Waals surface area contributed by atoms with E-state index in [0.29, 0.717) is 19.4 Å². The molecule has 41 heavy (non-hydrogen) atoms. The molecule has 0 fully saturated rings. The number of nitrogens with one attached hydrogen (secondary N) is 3. The summed E-state index contributed by atoms with van der Waals surface area (Å²) in [4.78, 5) is 57.0. The summed E-state index contributed by atoms with van der Waals surface area (Å²) in [7, 11) is 5.00. The summed E-state index contributed by atoms with van der Waals surface area (Å²) < 4.78 is 0. The molecule has 0 unspecified atom stereocenters. The Morgan fingerprint density at radius 2 is 1.27 bits per heavy atom. The summed E-state index contributed by atoms with van der Waals surface area (Å²) in [6.45, 7) is 15.9. The highest BCUT2D eigenvalue weighted by molar-refractivity contribution is 5.95. The molecule has 0 aliphatic rings. The van der Waals surface area contributed by atoms with Crippen LogP contribution in [-0.4, -0.2) is 85.3 Å². The molecule has 1 rings (SSSR count). The Bertz CT molecular complexity index is 980. The smallest absolute Gasteiger partial charge is 0.245 e. The fourth-order valence-electron chi connectivity index (χ4n) is 5.13. The molecule has 0 radical (unpaired) electrons. The van der Waals surface area contributed by atoms with Crippen LogP contribution in [0.25, 0.3) is 0 Å². The van der Waals surface area contributed by atoms with Gasteiger partial charge in [0.15, 0.2) is 0 Å². The van der Waals surface area contributed by atoms with E-state index >= 15 is 0 Å². The molecule has 9 nitrogen and oxygen atoms in total. The molecule has 232 valence electrons. The molecule has 9 heteroatoms. The van der Waals surface area contributed by atoms with Crippen molar-refractivity contribution in [2.24, 2.45) is 23.7 Å². The highest BCUT2D eigenvalue weighted by Gasteiger charge is 2.38. The Kier molecular flexibility index (Phi) is 15.1. The van der Waals surface area contributed by atoms with Crippen molar-refractivity contribution in [2.75, 3.05) is 27.7 Å². The molecular formula is C32H55N5O4. The summed E-state index contributed by atoms with van der Waals surface area (Å²) in [5.41, 5.74) is 1.12. The first-order valence-corrected chi connectivity index (χ1v) is 15.0. The second-order valence-corrected chi connectivity index (χ2v) is 12.5. The molecule has 1 aromatic carbocycles. The average Bonchev–Trinajstić information content (AvgIpc) is 2.89. The monoisotopic (exact) mass is 573 g/mol. The average molecular weight is 574 g/mol. The fourth-order valence-corrected chi connectivity index (χ4v) is 5.13. The summed E-state index contributed by atoms with van der Waals surface area (Å²) in [5, 5.41) is 8.98. The first kappa shape index (κ1) is 36.1. The van der Waals surface area contributed by atoms with Gasteiger partial charge in [-0.1, -0.05) is 85.7 Å². The Morgan fingerprint density at radius 3 is 1.73 bits per heavy atom. The van der Waals surface area contributed by atoms with Gasteiger partial charge in [-0.05, 0) is 49.1 Å². The van der Waals surface area contributed by atoms with Crippen LogP contribution in [0.5, 0.6) is 0 Å². The highest BCUT2D eigenvalue weighted by Crippen LogP contribution is 2.18. The zero-order valence-electron chi connectivity index (χ0n) is 27.2. The molecule has 0 saturated heterocycles. The first-order chi connectivity index (χ1) is 19.1.